The lowest BCUT2D eigenvalue weighted by Crippen LogP contribution is -2.38. The van der Waals surface area contributed by atoms with Gasteiger partial charge in [-0.3, -0.25) is 0 Å². The summed E-state index contributed by atoms with van der Waals surface area (Å²) >= 11 is 0. The molecule has 6 aromatic rings. The Balaban J connectivity index is 1.53. The van der Waals surface area contributed by atoms with E-state index in [-0.39, 0.29) is 0 Å². The Kier molecular flexibility index (Phi) is 5.93. The molecule has 0 unspecified atom stereocenters. The van der Waals surface area contributed by atoms with Gasteiger partial charge >= 0.3 is 0 Å². The molecule has 188 valence electrons. The van der Waals surface area contributed by atoms with Crippen LogP contribution in [-0.4, -0.2) is 16.1 Å². The molecule has 0 spiro atoms. The van der Waals surface area contributed by atoms with Crippen LogP contribution in [0.4, 0.5) is 0 Å². The van der Waals surface area contributed by atoms with Crippen LogP contribution in [0.5, 0.6) is 0 Å². The first-order valence-corrected chi connectivity index (χ1v) is 20.7. The summed E-state index contributed by atoms with van der Waals surface area (Å²) in [6.07, 6.45) is 0. The van der Waals surface area contributed by atoms with Crippen molar-refractivity contribution >= 4 is 58.8 Å². The summed E-state index contributed by atoms with van der Waals surface area (Å²) in [6.45, 7) is 14.6. The van der Waals surface area contributed by atoms with E-state index >= 15 is 0 Å². The second-order valence-corrected chi connectivity index (χ2v) is 22.8. The largest absolute Gasteiger partial charge is 0.0784 e. The predicted molar refractivity (Wildman–Crippen MR) is 176 cm³/mol. The van der Waals surface area contributed by atoms with E-state index in [1.54, 1.807) is 0 Å². The Morgan fingerprint density at radius 1 is 0.395 bits per heavy atom. The van der Waals surface area contributed by atoms with Gasteiger partial charge in [-0.1, -0.05) is 153 Å². The van der Waals surface area contributed by atoms with Gasteiger partial charge in [-0.2, -0.15) is 0 Å². The fourth-order valence-corrected chi connectivity index (χ4v) is 8.65. The second kappa shape index (κ2) is 9.08. The lowest BCUT2D eigenvalue weighted by atomic mass is 9.90. The molecular weight excluding hydrogens is 489 g/mol. The van der Waals surface area contributed by atoms with Crippen LogP contribution in [0, 0.1) is 0 Å². The molecule has 0 aliphatic carbocycles. The molecule has 0 amide bonds. The summed E-state index contributed by atoms with van der Waals surface area (Å²) in [5.41, 5.74) is 5.20. The summed E-state index contributed by atoms with van der Waals surface area (Å²) in [7, 11) is -2.80. The average molecular weight is 525 g/mol. The topological polar surface area (TPSA) is 0 Å². The number of hydrogen-bond acceptors (Lipinski definition) is 0. The van der Waals surface area contributed by atoms with Gasteiger partial charge in [-0.15, -0.1) is 0 Å². The molecule has 0 aliphatic rings. The van der Waals surface area contributed by atoms with Crippen molar-refractivity contribution in [3.05, 3.63) is 109 Å². The van der Waals surface area contributed by atoms with E-state index in [9.17, 15) is 0 Å². The molecule has 0 N–H and O–H groups in total. The number of fused-ring (bicyclic) bond motifs is 3. The van der Waals surface area contributed by atoms with Gasteiger partial charge in [0.05, 0.1) is 16.1 Å². The maximum absolute atomic E-state index is 2.44. The van der Waals surface area contributed by atoms with E-state index in [4.69, 9.17) is 0 Å². The molecule has 0 heterocycles. The second-order valence-electron chi connectivity index (χ2n) is 12.7. The van der Waals surface area contributed by atoms with Crippen LogP contribution in [-0.2, 0) is 0 Å². The molecule has 0 atom stereocenters. The maximum atomic E-state index is 2.44. The summed E-state index contributed by atoms with van der Waals surface area (Å²) in [6, 6.07) is 41.3. The first-order valence-electron chi connectivity index (χ1n) is 13.7. The van der Waals surface area contributed by atoms with Crippen molar-refractivity contribution in [3.8, 4) is 22.3 Å². The normalized spacial score (nSPS) is 12.5. The van der Waals surface area contributed by atoms with Crippen LogP contribution in [0.3, 0.4) is 0 Å². The van der Waals surface area contributed by atoms with Crippen LogP contribution in [0.15, 0.2) is 109 Å². The van der Waals surface area contributed by atoms with Gasteiger partial charge in [0.2, 0.25) is 0 Å². The fourth-order valence-electron chi connectivity index (χ4n) is 5.86. The highest BCUT2D eigenvalue weighted by Crippen LogP contribution is 2.38. The van der Waals surface area contributed by atoms with Gasteiger partial charge in [-0.25, -0.2) is 0 Å². The van der Waals surface area contributed by atoms with Gasteiger partial charge in [0, 0.05) is 0 Å². The Morgan fingerprint density at radius 2 is 0.947 bits per heavy atom. The molecule has 0 radical (unpaired) electrons. The van der Waals surface area contributed by atoms with Gasteiger partial charge in [-0.05, 0) is 60.6 Å². The van der Waals surface area contributed by atoms with Crippen molar-refractivity contribution in [1.82, 2.24) is 0 Å². The molecule has 0 saturated heterocycles. The molecule has 0 fully saturated rings. The average Bonchev–Trinajstić information content (AvgIpc) is 2.90. The molecular formula is C36H36Si2. The summed E-state index contributed by atoms with van der Waals surface area (Å²) < 4.78 is 0. The van der Waals surface area contributed by atoms with E-state index in [1.165, 1.54) is 64.9 Å². The van der Waals surface area contributed by atoms with Gasteiger partial charge in [0.15, 0.2) is 0 Å². The zero-order valence-electron chi connectivity index (χ0n) is 23.4. The van der Waals surface area contributed by atoms with Crippen molar-refractivity contribution in [1.29, 1.82) is 0 Å². The first kappa shape index (κ1) is 24.8. The molecule has 0 aromatic heterocycles. The minimum absolute atomic E-state index is 1.28. The zero-order valence-corrected chi connectivity index (χ0v) is 25.4. The lowest BCUT2D eigenvalue weighted by Gasteiger charge is -2.21. The maximum Gasteiger partial charge on any atom is 0.0784 e. The van der Waals surface area contributed by atoms with Crippen molar-refractivity contribution in [2.45, 2.75) is 39.3 Å². The minimum Gasteiger partial charge on any atom is -0.0656 e. The molecule has 6 rings (SSSR count). The Hall–Kier alpha value is -3.47. The van der Waals surface area contributed by atoms with Crippen LogP contribution >= 0.6 is 0 Å². The molecule has 0 aliphatic heterocycles. The number of rotatable bonds is 4. The summed E-state index contributed by atoms with van der Waals surface area (Å²) in [4.78, 5) is 0. The van der Waals surface area contributed by atoms with Crippen molar-refractivity contribution in [2.24, 2.45) is 0 Å². The van der Waals surface area contributed by atoms with E-state index in [2.05, 4.69) is 148 Å². The molecule has 0 saturated carbocycles. The Morgan fingerprint density at radius 3 is 1.66 bits per heavy atom. The lowest BCUT2D eigenvalue weighted by molar-refractivity contribution is 1.65. The van der Waals surface area contributed by atoms with Crippen LogP contribution < -0.4 is 10.4 Å². The monoisotopic (exact) mass is 524 g/mol. The fraction of sp³-hybridized carbons (Fsp3) is 0.167. The molecule has 6 aromatic carbocycles. The van der Waals surface area contributed by atoms with Gasteiger partial charge in [0.1, 0.15) is 0 Å². The van der Waals surface area contributed by atoms with Gasteiger partial charge in [0.25, 0.3) is 0 Å². The standard InChI is InChI=1S/C36H36Si2/c1-37(2,3)28-20-19-25-23-27(18-17-26(25)24-28)29-13-9-15-31-30(29)14-10-16-32(31)34-21-22-36(38(4,5)6)35-12-8-7-11-33(34)35/h7-24H,1-6H3. The van der Waals surface area contributed by atoms with E-state index in [0.717, 1.165) is 0 Å². The van der Waals surface area contributed by atoms with Crippen molar-refractivity contribution in [2.75, 3.05) is 0 Å². The van der Waals surface area contributed by atoms with Crippen LogP contribution in [0.1, 0.15) is 0 Å². The third-order valence-electron chi connectivity index (χ3n) is 7.96. The predicted octanol–water partition coefficient (Wildman–Crippen LogP) is 9.57. The highest BCUT2D eigenvalue weighted by molar-refractivity contribution is 6.90. The highest BCUT2D eigenvalue weighted by atomic mass is 28.3. The third-order valence-corrected chi connectivity index (χ3v) is 12.1. The third kappa shape index (κ3) is 4.32. The van der Waals surface area contributed by atoms with Gasteiger partial charge < -0.3 is 0 Å². The van der Waals surface area contributed by atoms with Crippen LogP contribution in [0.25, 0.3) is 54.6 Å². The van der Waals surface area contributed by atoms with E-state index < -0.39 is 16.1 Å². The smallest absolute Gasteiger partial charge is 0.0656 e. The molecule has 2 heteroatoms. The van der Waals surface area contributed by atoms with E-state index in [1.807, 2.05) is 0 Å². The summed E-state index contributed by atoms with van der Waals surface area (Å²) in [5, 5.41) is 11.1. The Labute approximate surface area is 229 Å². The number of hydrogen-bond donors (Lipinski definition) is 0. The quantitative estimate of drug-likeness (QED) is 0.201. The minimum atomic E-state index is -1.46. The van der Waals surface area contributed by atoms with Crippen molar-refractivity contribution in [3.63, 3.8) is 0 Å². The zero-order chi connectivity index (χ0) is 26.7. The molecule has 38 heavy (non-hydrogen) atoms. The SMILES string of the molecule is C[Si](C)(C)c1ccc2cc(-c3cccc4c(-c5ccc([Si](C)(C)C)c6ccccc56)cccc34)ccc2c1. The van der Waals surface area contributed by atoms with E-state index in [0.29, 0.717) is 0 Å². The molecule has 0 nitrogen and oxygen atoms in total. The molecule has 0 bridgehead atoms. The number of benzene rings is 6. The first-order chi connectivity index (χ1) is 18.1. The highest BCUT2D eigenvalue weighted by Gasteiger charge is 2.21. The summed E-state index contributed by atoms with van der Waals surface area (Å²) in [5.74, 6) is 0. The Bertz CT molecular complexity index is 1830. The van der Waals surface area contributed by atoms with Crippen LogP contribution in [0.2, 0.25) is 39.3 Å². The van der Waals surface area contributed by atoms with Crippen molar-refractivity contribution < 1.29 is 0 Å².